The lowest BCUT2D eigenvalue weighted by atomic mass is 10.2. The second-order valence-corrected chi connectivity index (χ2v) is 5.50. The van der Waals surface area contributed by atoms with Gasteiger partial charge in [-0.15, -0.1) is 13.2 Å². The maximum absolute atomic E-state index is 12.2. The van der Waals surface area contributed by atoms with Gasteiger partial charge in [-0.1, -0.05) is 6.07 Å². The minimum Gasteiger partial charge on any atom is -0.406 e. The molecule has 2 amide bonds. The molecule has 0 spiro atoms. The van der Waals surface area contributed by atoms with Crippen molar-refractivity contribution >= 4 is 17.5 Å². The Morgan fingerprint density at radius 3 is 2.75 bits per heavy atom. The lowest BCUT2D eigenvalue weighted by molar-refractivity contribution is -0.274. The van der Waals surface area contributed by atoms with Crippen LogP contribution < -0.4 is 20.7 Å². The molecular weight excluding hydrogens is 327 g/mol. The molecule has 1 aromatic carbocycles. The number of halogens is 3. The van der Waals surface area contributed by atoms with Crippen molar-refractivity contribution in [2.75, 3.05) is 11.9 Å². The third-order valence-corrected chi connectivity index (χ3v) is 3.49. The highest BCUT2D eigenvalue weighted by Crippen LogP contribution is 2.25. The maximum atomic E-state index is 12.2. The number of hydrogen-bond acceptors (Lipinski definition) is 4. The van der Waals surface area contributed by atoms with Crippen molar-refractivity contribution < 1.29 is 27.5 Å². The second kappa shape index (κ2) is 7.52. The number of benzene rings is 1. The zero-order valence-corrected chi connectivity index (χ0v) is 12.9. The molecule has 1 fully saturated rings. The van der Waals surface area contributed by atoms with Gasteiger partial charge in [0.25, 0.3) is 0 Å². The smallest absolute Gasteiger partial charge is 0.406 e. The zero-order chi connectivity index (χ0) is 17.7. The van der Waals surface area contributed by atoms with E-state index in [0.717, 1.165) is 18.6 Å². The van der Waals surface area contributed by atoms with Crippen LogP contribution in [0.1, 0.15) is 19.8 Å². The molecule has 1 saturated heterocycles. The number of hydrogen-bond donors (Lipinski definition) is 3. The first-order valence-corrected chi connectivity index (χ1v) is 7.40. The Morgan fingerprint density at radius 2 is 2.08 bits per heavy atom. The fourth-order valence-electron chi connectivity index (χ4n) is 2.45. The van der Waals surface area contributed by atoms with Gasteiger partial charge in [0.2, 0.25) is 11.8 Å². The lowest BCUT2D eigenvalue weighted by Crippen LogP contribution is -2.43. The van der Waals surface area contributed by atoms with Crippen LogP contribution in [-0.2, 0) is 9.59 Å². The summed E-state index contributed by atoms with van der Waals surface area (Å²) in [6.45, 7) is 1.84. The van der Waals surface area contributed by atoms with Crippen molar-refractivity contribution in [3.05, 3.63) is 24.3 Å². The van der Waals surface area contributed by atoms with E-state index in [1.165, 1.54) is 19.1 Å². The predicted molar refractivity (Wildman–Crippen MR) is 80.4 cm³/mol. The van der Waals surface area contributed by atoms with Gasteiger partial charge < -0.3 is 20.7 Å². The first kappa shape index (κ1) is 18.1. The van der Waals surface area contributed by atoms with E-state index in [1.54, 1.807) is 0 Å². The summed E-state index contributed by atoms with van der Waals surface area (Å²) in [6.07, 6.45) is -3.49. The van der Waals surface area contributed by atoms with Crippen LogP contribution in [0, 0.1) is 0 Å². The van der Waals surface area contributed by atoms with Crippen molar-refractivity contribution in [3.8, 4) is 5.75 Å². The van der Waals surface area contributed by atoms with Gasteiger partial charge in [-0.3, -0.25) is 9.59 Å². The second-order valence-electron chi connectivity index (χ2n) is 5.50. The maximum Gasteiger partial charge on any atom is 0.573 e. The van der Waals surface area contributed by atoms with Gasteiger partial charge in [0.1, 0.15) is 5.75 Å². The molecule has 1 heterocycles. The average molecular weight is 345 g/mol. The van der Waals surface area contributed by atoms with Crippen LogP contribution in [0.4, 0.5) is 18.9 Å². The Kier molecular flexibility index (Phi) is 5.66. The van der Waals surface area contributed by atoms with Crippen LogP contribution in [0.15, 0.2) is 24.3 Å². The Morgan fingerprint density at radius 1 is 1.33 bits per heavy atom. The monoisotopic (exact) mass is 345 g/mol. The van der Waals surface area contributed by atoms with Gasteiger partial charge in [-0.05, 0) is 25.0 Å². The Balaban J connectivity index is 1.88. The van der Waals surface area contributed by atoms with Gasteiger partial charge >= 0.3 is 6.36 Å². The molecule has 24 heavy (non-hydrogen) atoms. The normalized spacial score (nSPS) is 20.5. The fraction of sp³-hybridized carbons (Fsp3) is 0.467. The van der Waals surface area contributed by atoms with Crippen LogP contribution in [0.5, 0.6) is 5.75 Å². The van der Waals surface area contributed by atoms with E-state index in [1.807, 2.05) is 0 Å². The first-order valence-electron chi connectivity index (χ1n) is 7.40. The molecule has 1 aromatic rings. The van der Waals surface area contributed by atoms with Crippen molar-refractivity contribution in [2.45, 2.75) is 38.2 Å². The van der Waals surface area contributed by atoms with Crippen molar-refractivity contribution in [1.29, 1.82) is 0 Å². The summed E-state index contributed by atoms with van der Waals surface area (Å²) in [5, 5.41) is 8.31. The number of alkyl halides is 3. The number of carbonyl (C=O) groups is 2. The Bertz CT molecular complexity index is 607. The minimum absolute atomic E-state index is 0.00968. The van der Waals surface area contributed by atoms with Gasteiger partial charge in [0, 0.05) is 31.3 Å². The number of carbonyl (C=O) groups excluding carboxylic acids is 2. The number of anilines is 1. The Hall–Kier alpha value is -2.29. The summed E-state index contributed by atoms with van der Waals surface area (Å²) >= 11 is 0. The molecule has 9 heteroatoms. The van der Waals surface area contributed by atoms with E-state index in [9.17, 15) is 22.8 Å². The molecule has 0 saturated carbocycles. The summed E-state index contributed by atoms with van der Waals surface area (Å²) in [7, 11) is 0. The molecular formula is C15H18F3N3O3. The highest BCUT2D eigenvalue weighted by atomic mass is 19.4. The topological polar surface area (TPSA) is 79.5 Å². The minimum atomic E-state index is -4.79. The molecule has 1 aliphatic heterocycles. The van der Waals surface area contributed by atoms with Crippen molar-refractivity contribution in [1.82, 2.24) is 10.6 Å². The fourth-order valence-corrected chi connectivity index (χ4v) is 2.45. The number of ether oxygens (including phenoxy) is 1. The summed E-state index contributed by atoms with van der Waals surface area (Å²) < 4.78 is 40.4. The van der Waals surface area contributed by atoms with Crippen LogP contribution in [-0.4, -0.2) is 36.8 Å². The average Bonchev–Trinajstić information content (AvgIpc) is 2.92. The lowest BCUT2D eigenvalue weighted by Gasteiger charge is -2.15. The van der Waals surface area contributed by atoms with E-state index in [2.05, 4.69) is 20.7 Å². The number of nitrogens with one attached hydrogen (secondary N) is 3. The standard InChI is InChI=1S/C15H18F3N3O3/c1-9(22)19-8-11-5-6-13(20-11)14(23)21-10-3-2-4-12(7-10)24-15(16,17)18/h2-4,7,11,13,20H,5-6,8H2,1H3,(H,19,22)(H,21,23)/t11?,13-/m0/s1. The summed E-state index contributed by atoms with van der Waals surface area (Å²) in [5.41, 5.74) is 0.217. The molecule has 132 valence electrons. The van der Waals surface area contributed by atoms with E-state index in [4.69, 9.17) is 0 Å². The van der Waals surface area contributed by atoms with E-state index in [0.29, 0.717) is 13.0 Å². The third kappa shape index (κ3) is 5.73. The molecule has 2 atom stereocenters. The van der Waals surface area contributed by atoms with Gasteiger partial charge in [0.05, 0.1) is 6.04 Å². The van der Waals surface area contributed by atoms with Crippen molar-refractivity contribution in [3.63, 3.8) is 0 Å². The van der Waals surface area contributed by atoms with Crippen LogP contribution >= 0.6 is 0 Å². The van der Waals surface area contributed by atoms with E-state index in [-0.39, 0.29) is 23.5 Å². The van der Waals surface area contributed by atoms with Gasteiger partial charge in [0.15, 0.2) is 0 Å². The summed E-state index contributed by atoms with van der Waals surface area (Å²) in [6, 6.07) is 4.62. The molecule has 3 N–H and O–H groups in total. The number of rotatable bonds is 5. The van der Waals surface area contributed by atoms with Crippen LogP contribution in [0.25, 0.3) is 0 Å². The summed E-state index contributed by atoms with van der Waals surface area (Å²) in [4.78, 5) is 23.0. The SMILES string of the molecule is CC(=O)NCC1CC[C@@H](C(=O)Nc2cccc(OC(F)(F)F)c2)N1. The molecule has 0 bridgehead atoms. The molecule has 0 aromatic heterocycles. The van der Waals surface area contributed by atoms with E-state index < -0.39 is 18.2 Å². The predicted octanol–water partition coefficient (Wildman–Crippen LogP) is 1.78. The van der Waals surface area contributed by atoms with Gasteiger partial charge in [-0.25, -0.2) is 0 Å². The number of amides is 2. The van der Waals surface area contributed by atoms with Crippen LogP contribution in [0.2, 0.25) is 0 Å². The summed E-state index contributed by atoms with van der Waals surface area (Å²) in [5.74, 6) is -0.890. The first-order chi connectivity index (χ1) is 11.2. The molecule has 0 aliphatic carbocycles. The van der Waals surface area contributed by atoms with Crippen LogP contribution in [0.3, 0.4) is 0 Å². The molecule has 1 unspecified atom stereocenters. The zero-order valence-electron chi connectivity index (χ0n) is 12.9. The van der Waals surface area contributed by atoms with Gasteiger partial charge in [-0.2, -0.15) is 0 Å². The molecule has 2 rings (SSSR count). The van der Waals surface area contributed by atoms with Crippen molar-refractivity contribution in [2.24, 2.45) is 0 Å². The quantitative estimate of drug-likeness (QED) is 0.760. The van der Waals surface area contributed by atoms with E-state index >= 15 is 0 Å². The molecule has 1 aliphatic rings. The third-order valence-electron chi connectivity index (χ3n) is 3.49. The highest BCUT2D eigenvalue weighted by molar-refractivity contribution is 5.95. The molecule has 6 nitrogen and oxygen atoms in total. The highest BCUT2D eigenvalue weighted by Gasteiger charge is 2.31. The largest absolute Gasteiger partial charge is 0.573 e. The Labute approximate surface area is 136 Å². The molecule has 0 radical (unpaired) electrons.